The SMILES string of the molecule is B[PH](C1=C(c2ccccc2)C2C=CC1C2)(C1CCCCC1)C1CCCCC1. The van der Waals surface area contributed by atoms with Crippen molar-refractivity contribution in [1.29, 1.82) is 0 Å². The molecule has 5 rings (SSSR count). The van der Waals surface area contributed by atoms with Gasteiger partial charge in [0.2, 0.25) is 0 Å². The van der Waals surface area contributed by atoms with Gasteiger partial charge in [-0.2, -0.15) is 0 Å². The molecule has 0 amide bonds. The number of benzene rings is 1. The molecule has 0 heterocycles. The molecule has 0 nitrogen and oxygen atoms in total. The van der Waals surface area contributed by atoms with Crippen LogP contribution in [-0.2, 0) is 0 Å². The van der Waals surface area contributed by atoms with Crippen molar-refractivity contribution in [2.24, 2.45) is 11.8 Å². The van der Waals surface area contributed by atoms with Crippen molar-refractivity contribution >= 4 is 20.3 Å². The minimum atomic E-state index is -1.49. The summed E-state index contributed by atoms with van der Waals surface area (Å²) in [5, 5.41) is 2.03. The molecule has 2 unspecified atom stereocenters. The fourth-order valence-corrected chi connectivity index (χ4v) is 14.1. The summed E-state index contributed by atoms with van der Waals surface area (Å²) in [7, 11) is 1.38. The number of rotatable bonds is 4. The van der Waals surface area contributed by atoms with Crippen molar-refractivity contribution in [3.63, 3.8) is 0 Å². The molecule has 2 heteroatoms. The van der Waals surface area contributed by atoms with E-state index < -0.39 is 7.14 Å². The van der Waals surface area contributed by atoms with Gasteiger partial charge in [-0.3, -0.25) is 0 Å². The molecule has 1 aromatic rings. The van der Waals surface area contributed by atoms with E-state index in [0.717, 1.165) is 17.2 Å². The van der Waals surface area contributed by atoms with Crippen molar-refractivity contribution in [3.8, 4) is 0 Å². The van der Waals surface area contributed by atoms with Crippen LogP contribution in [0, 0.1) is 11.8 Å². The molecule has 27 heavy (non-hydrogen) atoms. The molecule has 0 saturated heterocycles. The first-order valence-electron chi connectivity index (χ1n) is 11.8. The van der Waals surface area contributed by atoms with Gasteiger partial charge in [0.15, 0.2) is 0 Å². The normalized spacial score (nSPS) is 30.2. The van der Waals surface area contributed by atoms with Crippen molar-refractivity contribution in [3.05, 3.63) is 53.4 Å². The molecule has 2 saturated carbocycles. The van der Waals surface area contributed by atoms with Crippen LogP contribution in [0.1, 0.15) is 76.2 Å². The molecule has 1 aromatic carbocycles. The van der Waals surface area contributed by atoms with Gasteiger partial charge in [-0.15, -0.1) is 0 Å². The minimum absolute atomic E-state index is 0.714. The van der Waals surface area contributed by atoms with Crippen LogP contribution >= 0.6 is 7.14 Å². The van der Waals surface area contributed by atoms with Gasteiger partial charge in [-0.05, 0) is 0 Å². The maximum atomic E-state index is 2.87. The van der Waals surface area contributed by atoms with E-state index in [1.54, 1.807) is 11.1 Å². The predicted octanol–water partition coefficient (Wildman–Crippen LogP) is 6.57. The first-order chi connectivity index (χ1) is 13.3. The van der Waals surface area contributed by atoms with E-state index in [1.165, 1.54) is 70.6 Å². The van der Waals surface area contributed by atoms with Gasteiger partial charge in [0.1, 0.15) is 0 Å². The Balaban J connectivity index is 1.64. The van der Waals surface area contributed by atoms with Gasteiger partial charge in [-0.1, -0.05) is 0 Å². The molecular formula is C25H36BP. The first kappa shape index (κ1) is 18.2. The Morgan fingerprint density at radius 3 is 1.85 bits per heavy atom. The maximum absolute atomic E-state index is 2.87. The summed E-state index contributed by atoms with van der Waals surface area (Å²) in [6.07, 6.45) is 21.7. The summed E-state index contributed by atoms with van der Waals surface area (Å²) in [5.74, 6) is 1.50. The second kappa shape index (κ2) is 7.55. The van der Waals surface area contributed by atoms with Crippen LogP contribution in [0.15, 0.2) is 47.8 Å². The third-order valence-corrected chi connectivity index (χ3v) is 15.0. The molecular weight excluding hydrogens is 342 g/mol. The summed E-state index contributed by atoms with van der Waals surface area (Å²) >= 11 is 0. The van der Waals surface area contributed by atoms with Crippen LogP contribution < -0.4 is 0 Å². The molecule has 0 aliphatic heterocycles. The van der Waals surface area contributed by atoms with E-state index in [9.17, 15) is 0 Å². The van der Waals surface area contributed by atoms with Crippen molar-refractivity contribution in [1.82, 2.24) is 0 Å². The van der Waals surface area contributed by atoms with Crippen molar-refractivity contribution in [2.45, 2.75) is 81.9 Å². The van der Waals surface area contributed by atoms with E-state index in [-0.39, 0.29) is 0 Å². The zero-order chi connectivity index (χ0) is 18.3. The Morgan fingerprint density at radius 2 is 1.26 bits per heavy atom. The van der Waals surface area contributed by atoms with E-state index in [4.69, 9.17) is 0 Å². The molecule has 4 aliphatic carbocycles. The van der Waals surface area contributed by atoms with Gasteiger partial charge >= 0.3 is 167 Å². The van der Waals surface area contributed by atoms with Crippen molar-refractivity contribution in [2.75, 3.05) is 0 Å². The molecule has 2 atom stereocenters. The average Bonchev–Trinajstić information content (AvgIpc) is 3.37. The molecule has 4 aliphatic rings. The van der Waals surface area contributed by atoms with Gasteiger partial charge in [0.05, 0.1) is 0 Å². The Hall–Kier alpha value is -0.805. The molecule has 0 aromatic heterocycles. The Morgan fingerprint density at radius 1 is 0.704 bits per heavy atom. The van der Waals surface area contributed by atoms with Crippen LogP contribution in [0.25, 0.3) is 5.57 Å². The number of hydrogen-bond acceptors (Lipinski definition) is 0. The topological polar surface area (TPSA) is 0 Å². The Labute approximate surface area is 167 Å². The van der Waals surface area contributed by atoms with Gasteiger partial charge in [0.25, 0.3) is 0 Å². The van der Waals surface area contributed by atoms with E-state index in [2.05, 4.69) is 50.0 Å². The molecule has 144 valence electrons. The molecule has 0 radical (unpaired) electrons. The van der Waals surface area contributed by atoms with Crippen LogP contribution in [0.4, 0.5) is 0 Å². The van der Waals surface area contributed by atoms with Gasteiger partial charge in [-0.25, -0.2) is 0 Å². The molecule has 2 bridgehead atoms. The summed E-state index contributed by atoms with van der Waals surface area (Å²) in [5.41, 5.74) is 5.45. The standard InChI is InChI=1S/C25H36BP/c26-27(22-12-6-2-7-13-22,23-14-8-3-9-15-23)25-21-17-16-20(18-21)24(25)19-10-4-1-5-11-19/h1,4-5,10-11,16-17,20-23,27H,2-3,6-9,12-15,18,26H2. The summed E-state index contributed by atoms with van der Waals surface area (Å²) < 4.78 is 0. The van der Waals surface area contributed by atoms with Crippen molar-refractivity contribution < 1.29 is 0 Å². The number of allylic oxidation sites excluding steroid dienone is 4. The number of hydrogen-bond donors (Lipinski definition) is 0. The van der Waals surface area contributed by atoms with Crippen LogP contribution in [-0.4, -0.2) is 18.9 Å². The molecule has 2 fully saturated rings. The fourth-order valence-electron chi connectivity index (χ4n) is 7.38. The second-order valence-corrected chi connectivity index (χ2v) is 14.7. The predicted molar refractivity (Wildman–Crippen MR) is 125 cm³/mol. The number of fused-ring (bicyclic) bond motifs is 2. The average molecular weight is 378 g/mol. The summed E-state index contributed by atoms with van der Waals surface area (Å²) in [4.78, 5) is 0. The van der Waals surface area contributed by atoms with E-state index >= 15 is 0 Å². The molecule has 0 spiro atoms. The van der Waals surface area contributed by atoms with Gasteiger partial charge < -0.3 is 0 Å². The second-order valence-electron chi connectivity index (χ2n) is 9.98. The zero-order valence-corrected chi connectivity index (χ0v) is 18.1. The third kappa shape index (κ3) is 3.09. The quantitative estimate of drug-likeness (QED) is 0.316. The fraction of sp³-hybridized carbons (Fsp3) is 0.600. The Kier molecular flexibility index (Phi) is 5.10. The third-order valence-electron chi connectivity index (χ3n) is 8.69. The summed E-state index contributed by atoms with van der Waals surface area (Å²) in [6.45, 7) is 0. The van der Waals surface area contributed by atoms with E-state index in [0.29, 0.717) is 5.92 Å². The van der Waals surface area contributed by atoms with Crippen LogP contribution in [0.3, 0.4) is 0 Å². The van der Waals surface area contributed by atoms with Crippen LogP contribution in [0.2, 0.25) is 0 Å². The summed E-state index contributed by atoms with van der Waals surface area (Å²) in [6, 6.07) is 11.5. The Bertz CT molecular complexity index is 704. The molecule has 0 N–H and O–H groups in total. The zero-order valence-electron chi connectivity index (χ0n) is 17.1. The van der Waals surface area contributed by atoms with E-state index in [1.807, 2.05) is 5.31 Å². The van der Waals surface area contributed by atoms with Crippen LogP contribution in [0.5, 0.6) is 0 Å². The van der Waals surface area contributed by atoms with Gasteiger partial charge in [0, 0.05) is 0 Å². The first-order valence-corrected chi connectivity index (χ1v) is 14.4. The monoisotopic (exact) mass is 378 g/mol.